The molecule has 1 amide bonds. The lowest BCUT2D eigenvalue weighted by atomic mass is 10.1. The highest BCUT2D eigenvalue weighted by Gasteiger charge is 2.20. The average Bonchev–Trinajstić information content (AvgIpc) is 2.38. The Balaban J connectivity index is 3.12. The lowest BCUT2D eigenvalue weighted by molar-refractivity contribution is -0.124. The first-order valence-electron chi connectivity index (χ1n) is 6.64. The molecule has 0 saturated carbocycles. The van der Waals surface area contributed by atoms with Crippen LogP contribution in [0.1, 0.15) is 25.8 Å². The van der Waals surface area contributed by atoms with Crippen molar-refractivity contribution >= 4 is 21.8 Å². The second kappa shape index (κ2) is 8.11. The molecule has 0 saturated heterocycles. The highest BCUT2D eigenvalue weighted by atomic mass is 79.9. The van der Waals surface area contributed by atoms with Crippen molar-refractivity contribution in [2.24, 2.45) is 11.5 Å². The fraction of sp³-hybridized carbons (Fsp3) is 0.500. The molecule has 5 nitrogen and oxygen atoms in total. The highest BCUT2D eigenvalue weighted by molar-refractivity contribution is 9.10. The third-order valence-electron chi connectivity index (χ3n) is 2.75. The van der Waals surface area contributed by atoms with Crippen LogP contribution in [-0.4, -0.2) is 25.2 Å². The van der Waals surface area contributed by atoms with Gasteiger partial charge in [-0.25, -0.2) is 0 Å². The smallest absolute Gasteiger partial charge is 0.258 e. The summed E-state index contributed by atoms with van der Waals surface area (Å²) in [7, 11) is 0. The standard InChI is InChI=1S/C14H21BrN2O3/c1-3-11(14(17)18)20-13-10(15)7-9(5-6-16)8-12(13)19-4-2/h7-8,11H,3-6,16H2,1-2H3,(H2,17,18). The molecule has 6 heteroatoms. The first-order valence-corrected chi connectivity index (χ1v) is 7.44. The van der Waals surface area contributed by atoms with Crippen molar-refractivity contribution in [3.63, 3.8) is 0 Å². The number of primary amides is 1. The molecule has 0 radical (unpaired) electrons. The van der Waals surface area contributed by atoms with Crippen LogP contribution < -0.4 is 20.9 Å². The molecule has 1 unspecified atom stereocenters. The summed E-state index contributed by atoms with van der Waals surface area (Å²) in [5.41, 5.74) is 11.9. The second-order valence-electron chi connectivity index (χ2n) is 4.29. The minimum absolute atomic E-state index is 0.493. The summed E-state index contributed by atoms with van der Waals surface area (Å²) in [5.74, 6) is 0.594. The molecule has 0 fully saturated rings. The monoisotopic (exact) mass is 344 g/mol. The van der Waals surface area contributed by atoms with Crippen LogP contribution in [0.25, 0.3) is 0 Å². The summed E-state index contributed by atoms with van der Waals surface area (Å²) in [5, 5.41) is 0. The molecule has 0 aliphatic carbocycles. The van der Waals surface area contributed by atoms with Gasteiger partial charge in [0.25, 0.3) is 5.91 Å². The van der Waals surface area contributed by atoms with Gasteiger partial charge in [-0.1, -0.05) is 6.92 Å². The van der Waals surface area contributed by atoms with E-state index in [1.807, 2.05) is 26.0 Å². The number of rotatable bonds is 8. The molecule has 0 aliphatic rings. The molecule has 4 N–H and O–H groups in total. The van der Waals surface area contributed by atoms with Gasteiger partial charge >= 0.3 is 0 Å². The zero-order valence-electron chi connectivity index (χ0n) is 11.8. The molecular weight excluding hydrogens is 324 g/mol. The quantitative estimate of drug-likeness (QED) is 0.754. The van der Waals surface area contributed by atoms with Gasteiger partial charge in [0.15, 0.2) is 17.6 Å². The number of carbonyl (C=O) groups excluding carboxylic acids is 1. The lowest BCUT2D eigenvalue weighted by Crippen LogP contribution is -2.33. The Morgan fingerprint density at radius 2 is 2.10 bits per heavy atom. The second-order valence-corrected chi connectivity index (χ2v) is 5.15. The Morgan fingerprint density at radius 1 is 1.40 bits per heavy atom. The van der Waals surface area contributed by atoms with E-state index in [9.17, 15) is 4.79 Å². The summed E-state index contributed by atoms with van der Waals surface area (Å²) in [6.45, 7) is 4.78. The summed E-state index contributed by atoms with van der Waals surface area (Å²) in [6, 6.07) is 3.79. The zero-order valence-corrected chi connectivity index (χ0v) is 13.4. The topological polar surface area (TPSA) is 87.6 Å². The van der Waals surface area contributed by atoms with Crippen LogP contribution in [-0.2, 0) is 11.2 Å². The van der Waals surface area contributed by atoms with Gasteiger partial charge in [-0.15, -0.1) is 0 Å². The van der Waals surface area contributed by atoms with Crippen molar-refractivity contribution in [3.8, 4) is 11.5 Å². The Bertz CT molecular complexity index is 466. The van der Waals surface area contributed by atoms with Gasteiger partial charge in [0, 0.05) is 0 Å². The predicted octanol–water partition coefficient (Wildman–Crippen LogP) is 1.99. The molecule has 0 heterocycles. The SMILES string of the molecule is CCOc1cc(CCN)cc(Br)c1OC(CC)C(N)=O. The van der Waals surface area contributed by atoms with E-state index in [-0.39, 0.29) is 0 Å². The molecule has 1 aromatic rings. The first kappa shape index (κ1) is 16.8. The third-order valence-corrected chi connectivity index (χ3v) is 3.34. The number of carbonyl (C=O) groups is 1. The van der Waals surface area contributed by atoms with E-state index in [1.54, 1.807) is 0 Å². The minimum atomic E-state index is -0.675. The van der Waals surface area contributed by atoms with Crippen LogP contribution in [0.2, 0.25) is 0 Å². The van der Waals surface area contributed by atoms with Gasteiger partial charge < -0.3 is 20.9 Å². The van der Waals surface area contributed by atoms with Crippen LogP contribution in [0.4, 0.5) is 0 Å². The summed E-state index contributed by atoms with van der Waals surface area (Å²) < 4.78 is 12.0. The van der Waals surface area contributed by atoms with E-state index < -0.39 is 12.0 Å². The van der Waals surface area contributed by atoms with Crippen molar-refractivity contribution in [1.29, 1.82) is 0 Å². The molecule has 1 aromatic carbocycles. The van der Waals surface area contributed by atoms with E-state index in [2.05, 4.69) is 15.9 Å². The van der Waals surface area contributed by atoms with E-state index in [4.69, 9.17) is 20.9 Å². The molecule has 0 aromatic heterocycles. The van der Waals surface area contributed by atoms with Gasteiger partial charge in [0.1, 0.15) is 0 Å². The van der Waals surface area contributed by atoms with Crippen LogP contribution in [0.15, 0.2) is 16.6 Å². The number of halogens is 1. The maximum atomic E-state index is 11.3. The fourth-order valence-electron chi connectivity index (χ4n) is 1.79. The van der Waals surface area contributed by atoms with Crippen LogP contribution in [0.3, 0.4) is 0 Å². The molecule has 0 spiro atoms. The first-order chi connectivity index (χ1) is 9.53. The van der Waals surface area contributed by atoms with Crippen molar-refractivity contribution in [1.82, 2.24) is 0 Å². The molecule has 20 heavy (non-hydrogen) atoms. The van der Waals surface area contributed by atoms with E-state index >= 15 is 0 Å². The van der Waals surface area contributed by atoms with Gasteiger partial charge in [0.2, 0.25) is 0 Å². The molecule has 112 valence electrons. The predicted molar refractivity (Wildman–Crippen MR) is 82.0 cm³/mol. The van der Waals surface area contributed by atoms with Crippen molar-refractivity contribution in [3.05, 3.63) is 22.2 Å². The lowest BCUT2D eigenvalue weighted by Gasteiger charge is -2.19. The number of amides is 1. The number of ether oxygens (including phenoxy) is 2. The van der Waals surface area contributed by atoms with Crippen LogP contribution in [0, 0.1) is 0 Å². The third kappa shape index (κ3) is 4.38. The number of benzene rings is 1. The normalized spacial score (nSPS) is 12.0. The van der Waals surface area contributed by atoms with E-state index in [0.29, 0.717) is 31.1 Å². The maximum absolute atomic E-state index is 11.3. The summed E-state index contributed by atoms with van der Waals surface area (Å²) in [6.07, 6.45) is 0.565. The summed E-state index contributed by atoms with van der Waals surface area (Å²) in [4.78, 5) is 11.3. The fourth-order valence-corrected chi connectivity index (χ4v) is 2.38. The number of nitrogens with two attached hydrogens (primary N) is 2. The number of hydrogen-bond donors (Lipinski definition) is 2. The highest BCUT2D eigenvalue weighted by Crippen LogP contribution is 2.38. The number of hydrogen-bond acceptors (Lipinski definition) is 4. The van der Waals surface area contributed by atoms with Crippen LogP contribution >= 0.6 is 15.9 Å². The van der Waals surface area contributed by atoms with Gasteiger partial charge in [0.05, 0.1) is 11.1 Å². The zero-order chi connectivity index (χ0) is 15.1. The molecular formula is C14H21BrN2O3. The van der Waals surface area contributed by atoms with Gasteiger partial charge in [-0.3, -0.25) is 4.79 Å². The van der Waals surface area contributed by atoms with Crippen LogP contribution in [0.5, 0.6) is 11.5 Å². The Kier molecular flexibility index (Phi) is 6.81. The minimum Gasteiger partial charge on any atom is -0.490 e. The van der Waals surface area contributed by atoms with Gasteiger partial charge in [-0.05, 0) is 59.9 Å². The largest absolute Gasteiger partial charge is 0.490 e. The van der Waals surface area contributed by atoms with E-state index in [0.717, 1.165) is 16.5 Å². The molecule has 1 atom stereocenters. The maximum Gasteiger partial charge on any atom is 0.258 e. The summed E-state index contributed by atoms with van der Waals surface area (Å²) >= 11 is 3.45. The van der Waals surface area contributed by atoms with Gasteiger partial charge in [-0.2, -0.15) is 0 Å². The van der Waals surface area contributed by atoms with Crippen molar-refractivity contribution in [2.75, 3.05) is 13.2 Å². The average molecular weight is 345 g/mol. The Labute approximate surface area is 127 Å². The Morgan fingerprint density at radius 3 is 2.60 bits per heavy atom. The van der Waals surface area contributed by atoms with Crippen molar-refractivity contribution < 1.29 is 14.3 Å². The Hall–Kier alpha value is -1.27. The molecule has 1 rings (SSSR count). The van der Waals surface area contributed by atoms with E-state index in [1.165, 1.54) is 0 Å². The van der Waals surface area contributed by atoms with Crippen molar-refractivity contribution in [2.45, 2.75) is 32.8 Å². The molecule has 0 bridgehead atoms. The molecule has 0 aliphatic heterocycles.